The quantitative estimate of drug-likeness (QED) is 0.613. The number of carbonyl (C=O) groups excluding carboxylic acids is 2. The van der Waals surface area contributed by atoms with Crippen molar-refractivity contribution in [3.8, 4) is 11.5 Å². The van der Waals surface area contributed by atoms with Gasteiger partial charge in [-0.3, -0.25) is 9.59 Å². The number of piperidine rings is 1. The molecule has 180 valence electrons. The zero-order chi connectivity index (χ0) is 24.3. The topological polar surface area (TPSA) is 84.4 Å². The third kappa shape index (κ3) is 5.04. The standard InChI is InChI=1S/C28H30N4O3/c1-2-25-30-18-22(19-31-25)26(33)32-13-10-28(11-14-32)17-21-6-4-8-24(16-21)35-23-7-3-5-20(15-23)9-12-29-27(28)34/h3-8,15-16,18-19H,2,9-14,17H2,1H3,(H,29,34). The van der Waals surface area contributed by atoms with Gasteiger partial charge < -0.3 is 15.0 Å². The van der Waals surface area contributed by atoms with Gasteiger partial charge in [0, 0.05) is 38.4 Å². The van der Waals surface area contributed by atoms with Crippen LogP contribution < -0.4 is 10.1 Å². The Labute approximate surface area is 205 Å². The van der Waals surface area contributed by atoms with Gasteiger partial charge in [-0.05, 0) is 61.1 Å². The van der Waals surface area contributed by atoms with Crippen LogP contribution in [0.5, 0.6) is 11.5 Å². The lowest BCUT2D eigenvalue weighted by atomic mass is 9.72. The molecular formula is C28H30N4O3. The monoisotopic (exact) mass is 470 g/mol. The highest BCUT2D eigenvalue weighted by molar-refractivity contribution is 5.94. The van der Waals surface area contributed by atoms with Gasteiger partial charge in [-0.1, -0.05) is 31.2 Å². The van der Waals surface area contributed by atoms with Crippen LogP contribution in [0.1, 0.15) is 47.1 Å². The molecule has 1 aromatic heterocycles. The Balaban J connectivity index is 1.36. The summed E-state index contributed by atoms with van der Waals surface area (Å²) in [6.07, 6.45) is 6.45. The minimum absolute atomic E-state index is 0.0574. The van der Waals surface area contributed by atoms with Crippen molar-refractivity contribution in [2.45, 2.75) is 39.0 Å². The molecule has 2 amide bonds. The van der Waals surface area contributed by atoms with Gasteiger partial charge >= 0.3 is 0 Å². The molecule has 35 heavy (non-hydrogen) atoms. The summed E-state index contributed by atoms with van der Waals surface area (Å²) in [5, 5.41) is 3.18. The average Bonchev–Trinajstić information content (AvgIpc) is 2.89. The van der Waals surface area contributed by atoms with Crippen molar-refractivity contribution >= 4 is 11.8 Å². The van der Waals surface area contributed by atoms with Crippen molar-refractivity contribution < 1.29 is 14.3 Å². The van der Waals surface area contributed by atoms with Crippen LogP contribution in [0.4, 0.5) is 0 Å². The molecule has 3 aromatic rings. The van der Waals surface area contributed by atoms with E-state index in [1.807, 2.05) is 60.4 Å². The molecule has 3 heterocycles. The van der Waals surface area contributed by atoms with E-state index in [4.69, 9.17) is 4.74 Å². The molecule has 1 N–H and O–H groups in total. The minimum atomic E-state index is -0.579. The van der Waals surface area contributed by atoms with Gasteiger partial charge in [-0.15, -0.1) is 0 Å². The maximum absolute atomic E-state index is 13.6. The first-order chi connectivity index (χ1) is 17.0. The summed E-state index contributed by atoms with van der Waals surface area (Å²) in [7, 11) is 0. The van der Waals surface area contributed by atoms with Gasteiger partial charge in [0.1, 0.15) is 17.3 Å². The Kier molecular flexibility index (Phi) is 6.49. The van der Waals surface area contributed by atoms with E-state index in [2.05, 4.69) is 15.3 Å². The lowest BCUT2D eigenvalue weighted by Gasteiger charge is -2.41. The van der Waals surface area contributed by atoms with Crippen LogP contribution in [-0.4, -0.2) is 46.3 Å². The van der Waals surface area contributed by atoms with Gasteiger partial charge in [-0.25, -0.2) is 9.97 Å². The van der Waals surface area contributed by atoms with Crippen molar-refractivity contribution in [2.24, 2.45) is 5.41 Å². The van der Waals surface area contributed by atoms with Gasteiger partial charge in [0.15, 0.2) is 0 Å². The van der Waals surface area contributed by atoms with Crippen molar-refractivity contribution in [3.63, 3.8) is 0 Å². The van der Waals surface area contributed by atoms with E-state index >= 15 is 0 Å². The Bertz CT molecular complexity index is 1220. The Hall–Kier alpha value is -3.74. The molecule has 5 rings (SSSR count). The molecule has 0 aliphatic carbocycles. The molecule has 0 radical (unpaired) electrons. The average molecular weight is 471 g/mol. The highest BCUT2D eigenvalue weighted by atomic mass is 16.5. The van der Waals surface area contributed by atoms with Crippen LogP contribution in [0, 0.1) is 5.41 Å². The van der Waals surface area contributed by atoms with Crippen LogP contribution >= 0.6 is 0 Å². The largest absolute Gasteiger partial charge is 0.457 e. The van der Waals surface area contributed by atoms with Crippen LogP contribution in [0.25, 0.3) is 0 Å². The first-order valence-electron chi connectivity index (χ1n) is 12.3. The Morgan fingerprint density at radius 3 is 2.37 bits per heavy atom. The van der Waals surface area contributed by atoms with Crippen LogP contribution in [0.2, 0.25) is 0 Å². The Morgan fingerprint density at radius 2 is 1.69 bits per heavy atom. The Morgan fingerprint density at radius 1 is 1.03 bits per heavy atom. The third-order valence-corrected chi connectivity index (χ3v) is 7.03. The summed E-state index contributed by atoms with van der Waals surface area (Å²) in [6, 6.07) is 16.0. The number of aromatic nitrogens is 2. The predicted octanol–water partition coefficient (Wildman–Crippen LogP) is 3.97. The van der Waals surface area contributed by atoms with Crippen molar-refractivity contribution in [1.29, 1.82) is 0 Å². The van der Waals surface area contributed by atoms with Gasteiger partial charge in [-0.2, -0.15) is 0 Å². The number of fused-ring (bicyclic) bond motifs is 4. The second-order valence-corrected chi connectivity index (χ2v) is 9.39. The third-order valence-electron chi connectivity index (χ3n) is 7.03. The summed E-state index contributed by atoms with van der Waals surface area (Å²) < 4.78 is 6.12. The lowest BCUT2D eigenvalue weighted by Crippen LogP contribution is -2.51. The second kappa shape index (κ2) is 9.86. The summed E-state index contributed by atoms with van der Waals surface area (Å²) in [5.74, 6) is 2.25. The van der Waals surface area contributed by atoms with Crippen LogP contribution in [0.3, 0.4) is 0 Å². The van der Waals surface area contributed by atoms with E-state index in [9.17, 15) is 9.59 Å². The summed E-state index contributed by atoms with van der Waals surface area (Å²) in [4.78, 5) is 37.0. The van der Waals surface area contributed by atoms with Gasteiger partial charge in [0.2, 0.25) is 5.91 Å². The number of hydrogen-bond donors (Lipinski definition) is 1. The van der Waals surface area contributed by atoms with Crippen LogP contribution in [0.15, 0.2) is 60.9 Å². The molecular weight excluding hydrogens is 440 g/mol. The highest BCUT2D eigenvalue weighted by Crippen LogP contribution is 2.37. The molecule has 2 aliphatic rings. The minimum Gasteiger partial charge on any atom is -0.457 e. The lowest BCUT2D eigenvalue weighted by molar-refractivity contribution is -0.133. The number of nitrogens with one attached hydrogen (secondary N) is 1. The number of aryl methyl sites for hydroxylation is 1. The smallest absolute Gasteiger partial charge is 0.256 e. The molecule has 1 spiro atoms. The summed E-state index contributed by atoms with van der Waals surface area (Å²) in [5.41, 5.74) is 2.08. The van der Waals surface area contributed by atoms with Crippen molar-refractivity contribution in [3.05, 3.63) is 83.4 Å². The SMILES string of the molecule is CCc1ncc(C(=O)N2CCC3(CC2)Cc2cccc(c2)Oc2cccc(c2)CCNC3=O)cn1. The second-order valence-electron chi connectivity index (χ2n) is 9.39. The number of rotatable bonds is 2. The molecule has 4 bridgehead atoms. The molecule has 2 aliphatic heterocycles. The summed E-state index contributed by atoms with van der Waals surface area (Å²) >= 11 is 0. The first-order valence-corrected chi connectivity index (χ1v) is 12.3. The molecule has 0 saturated carbocycles. The fraction of sp³-hybridized carbons (Fsp3) is 0.357. The number of carbonyl (C=O) groups is 2. The van der Waals surface area contributed by atoms with E-state index in [0.717, 1.165) is 41.3 Å². The fourth-order valence-electron chi connectivity index (χ4n) is 4.97. The van der Waals surface area contributed by atoms with E-state index < -0.39 is 5.41 Å². The number of ether oxygens (including phenoxy) is 1. The van der Waals surface area contributed by atoms with Crippen LogP contribution in [-0.2, 0) is 24.1 Å². The van der Waals surface area contributed by atoms with E-state index in [-0.39, 0.29) is 11.8 Å². The fourth-order valence-corrected chi connectivity index (χ4v) is 4.97. The van der Waals surface area contributed by atoms with Gasteiger partial charge in [0.05, 0.1) is 11.0 Å². The molecule has 0 atom stereocenters. The maximum atomic E-state index is 13.6. The highest BCUT2D eigenvalue weighted by Gasteiger charge is 2.42. The molecule has 7 heteroatoms. The molecule has 7 nitrogen and oxygen atoms in total. The maximum Gasteiger partial charge on any atom is 0.256 e. The zero-order valence-corrected chi connectivity index (χ0v) is 20.0. The molecule has 1 fully saturated rings. The van der Waals surface area contributed by atoms with Gasteiger partial charge in [0.25, 0.3) is 5.91 Å². The molecule has 2 aromatic carbocycles. The molecule has 0 unspecified atom stereocenters. The number of benzene rings is 2. The number of amides is 2. The number of likely N-dealkylation sites (tertiary alicyclic amines) is 1. The summed E-state index contributed by atoms with van der Waals surface area (Å²) in [6.45, 7) is 3.57. The number of nitrogens with zero attached hydrogens (tertiary/aromatic N) is 3. The van der Waals surface area contributed by atoms with E-state index in [1.54, 1.807) is 12.4 Å². The first kappa shape index (κ1) is 23.0. The predicted molar refractivity (Wildman–Crippen MR) is 132 cm³/mol. The van der Waals surface area contributed by atoms with Crippen molar-refractivity contribution in [1.82, 2.24) is 20.2 Å². The van der Waals surface area contributed by atoms with E-state index in [0.29, 0.717) is 44.5 Å². The molecule has 1 saturated heterocycles. The van der Waals surface area contributed by atoms with Crippen molar-refractivity contribution in [2.75, 3.05) is 19.6 Å². The van der Waals surface area contributed by atoms with E-state index in [1.165, 1.54) is 0 Å². The normalized spacial score (nSPS) is 17.4. The number of hydrogen-bond acceptors (Lipinski definition) is 5. The zero-order valence-electron chi connectivity index (χ0n) is 20.0.